The van der Waals surface area contributed by atoms with Gasteiger partial charge in [0.15, 0.2) is 5.96 Å². The lowest BCUT2D eigenvalue weighted by atomic mass is 9.93. The predicted molar refractivity (Wildman–Crippen MR) is 117 cm³/mol. The number of nitrogens with one attached hydrogen (secondary N) is 1. The fraction of sp³-hybridized carbons (Fsp3) is 0.684. The third kappa shape index (κ3) is 7.48. The smallest absolute Gasteiger partial charge is 0.188 e. The molecule has 6 heteroatoms. The van der Waals surface area contributed by atoms with Crippen molar-refractivity contribution in [3.05, 3.63) is 30.1 Å². The maximum Gasteiger partial charge on any atom is 0.188 e. The summed E-state index contributed by atoms with van der Waals surface area (Å²) in [6, 6.07) is 6.50. The van der Waals surface area contributed by atoms with Gasteiger partial charge in [0.05, 0.1) is 6.54 Å². The van der Waals surface area contributed by atoms with Crippen LogP contribution < -0.4 is 11.1 Å². The van der Waals surface area contributed by atoms with Crippen molar-refractivity contribution < 1.29 is 0 Å². The number of nitrogens with two attached hydrogens (primary N) is 1. The van der Waals surface area contributed by atoms with E-state index in [1.165, 1.54) is 38.8 Å². The zero-order valence-corrected chi connectivity index (χ0v) is 18.0. The third-order valence-electron chi connectivity index (χ3n) is 5.06. The summed E-state index contributed by atoms with van der Waals surface area (Å²) in [4.78, 5) is 11.6. The summed E-state index contributed by atoms with van der Waals surface area (Å²) in [7, 11) is 0. The molecule has 5 nitrogen and oxygen atoms in total. The monoisotopic (exact) mass is 459 g/mol. The van der Waals surface area contributed by atoms with Crippen molar-refractivity contribution in [1.29, 1.82) is 0 Å². The largest absolute Gasteiger partial charge is 0.370 e. The molecule has 1 atom stereocenters. The van der Waals surface area contributed by atoms with Crippen molar-refractivity contribution >= 4 is 29.9 Å². The van der Waals surface area contributed by atoms with E-state index in [0.29, 0.717) is 17.9 Å². The minimum Gasteiger partial charge on any atom is -0.370 e. The molecule has 0 aliphatic carbocycles. The van der Waals surface area contributed by atoms with Gasteiger partial charge in [0.25, 0.3) is 0 Å². The van der Waals surface area contributed by atoms with E-state index in [-0.39, 0.29) is 24.0 Å². The van der Waals surface area contributed by atoms with Crippen LogP contribution in [0.3, 0.4) is 0 Å². The Bertz CT molecular complexity index is 482. The maximum absolute atomic E-state index is 6.07. The van der Waals surface area contributed by atoms with Crippen molar-refractivity contribution in [2.75, 3.05) is 26.2 Å². The van der Waals surface area contributed by atoms with E-state index < -0.39 is 0 Å². The number of pyridine rings is 1. The Morgan fingerprint density at radius 2 is 2.00 bits per heavy atom. The molecule has 0 saturated carbocycles. The molecule has 2 heterocycles. The van der Waals surface area contributed by atoms with Gasteiger partial charge in [0.2, 0.25) is 0 Å². The van der Waals surface area contributed by atoms with Crippen LogP contribution in [0.5, 0.6) is 0 Å². The highest BCUT2D eigenvalue weighted by molar-refractivity contribution is 14.0. The zero-order chi connectivity index (χ0) is 17.2. The second-order valence-corrected chi connectivity index (χ2v) is 6.61. The molecule has 1 aromatic rings. The summed E-state index contributed by atoms with van der Waals surface area (Å²) in [5, 5.41) is 3.22. The molecule has 1 aliphatic rings. The molecular formula is C19H34IN5. The van der Waals surface area contributed by atoms with Crippen LogP contribution in [0.25, 0.3) is 0 Å². The number of hydrogen-bond donors (Lipinski definition) is 2. The Kier molecular flexibility index (Phi) is 11.0. The number of halogens is 1. The molecular weight excluding hydrogens is 425 g/mol. The van der Waals surface area contributed by atoms with E-state index in [4.69, 9.17) is 5.73 Å². The molecule has 1 fully saturated rings. The van der Waals surface area contributed by atoms with Crippen LogP contribution in [0.15, 0.2) is 29.4 Å². The standard InChI is InChI=1S/C19H33N5.HI/c1-3-16(4-2)18(24-13-7-8-14-24)15-23-19(20)22-12-10-17-9-5-6-11-21-17;/h5-6,9,11,16,18H,3-4,7-8,10,12-15H2,1-2H3,(H3,20,22,23);1H. The highest BCUT2D eigenvalue weighted by atomic mass is 127. The highest BCUT2D eigenvalue weighted by Crippen LogP contribution is 2.23. The molecule has 0 spiro atoms. The third-order valence-corrected chi connectivity index (χ3v) is 5.06. The van der Waals surface area contributed by atoms with Gasteiger partial charge in [-0.3, -0.25) is 14.9 Å². The summed E-state index contributed by atoms with van der Waals surface area (Å²) in [5.41, 5.74) is 7.14. The Hall–Kier alpha value is -0.890. The predicted octanol–water partition coefficient (Wildman–Crippen LogP) is 3.05. The molecule has 1 unspecified atom stereocenters. The number of rotatable bonds is 9. The lowest BCUT2D eigenvalue weighted by Crippen LogP contribution is -2.42. The summed E-state index contributed by atoms with van der Waals surface area (Å²) < 4.78 is 0. The second-order valence-electron chi connectivity index (χ2n) is 6.61. The number of nitrogens with zero attached hydrogens (tertiary/aromatic N) is 3. The van der Waals surface area contributed by atoms with Crippen molar-refractivity contribution in [3.63, 3.8) is 0 Å². The molecule has 0 aromatic carbocycles. The number of hydrogen-bond acceptors (Lipinski definition) is 3. The fourth-order valence-electron chi connectivity index (χ4n) is 3.58. The SMILES string of the molecule is CCC(CC)C(CN=C(N)NCCc1ccccn1)N1CCCC1.I. The van der Waals surface area contributed by atoms with Crippen LogP contribution in [-0.4, -0.2) is 48.1 Å². The first-order chi connectivity index (χ1) is 11.7. The summed E-state index contributed by atoms with van der Waals surface area (Å²) in [6.45, 7) is 8.57. The van der Waals surface area contributed by atoms with Gasteiger partial charge in [0, 0.05) is 30.9 Å². The van der Waals surface area contributed by atoms with E-state index in [9.17, 15) is 0 Å². The number of likely N-dealkylation sites (tertiary alicyclic amines) is 1. The van der Waals surface area contributed by atoms with E-state index >= 15 is 0 Å². The number of guanidine groups is 1. The van der Waals surface area contributed by atoms with Gasteiger partial charge >= 0.3 is 0 Å². The molecule has 25 heavy (non-hydrogen) atoms. The topological polar surface area (TPSA) is 66.5 Å². The number of aromatic nitrogens is 1. The molecule has 3 N–H and O–H groups in total. The van der Waals surface area contributed by atoms with Crippen molar-refractivity contribution in [1.82, 2.24) is 15.2 Å². The van der Waals surface area contributed by atoms with Crippen LogP contribution in [-0.2, 0) is 6.42 Å². The van der Waals surface area contributed by atoms with E-state index in [1.807, 2.05) is 24.4 Å². The molecule has 0 amide bonds. The minimum absolute atomic E-state index is 0. The summed E-state index contributed by atoms with van der Waals surface area (Å²) >= 11 is 0. The van der Waals surface area contributed by atoms with Crippen LogP contribution in [0.1, 0.15) is 45.2 Å². The van der Waals surface area contributed by atoms with Crippen LogP contribution in [0.4, 0.5) is 0 Å². The Morgan fingerprint density at radius 1 is 1.28 bits per heavy atom. The Morgan fingerprint density at radius 3 is 2.60 bits per heavy atom. The molecule has 1 saturated heterocycles. The maximum atomic E-state index is 6.07. The normalized spacial score (nSPS) is 16.7. The first kappa shape index (κ1) is 22.2. The van der Waals surface area contributed by atoms with E-state index in [1.54, 1.807) is 0 Å². The van der Waals surface area contributed by atoms with E-state index in [2.05, 4.69) is 34.0 Å². The average Bonchev–Trinajstić information content (AvgIpc) is 3.14. The van der Waals surface area contributed by atoms with Crippen molar-refractivity contribution in [2.45, 2.75) is 52.0 Å². The van der Waals surface area contributed by atoms with Crippen LogP contribution >= 0.6 is 24.0 Å². The lowest BCUT2D eigenvalue weighted by molar-refractivity contribution is 0.172. The minimum atomic E-state index is 0. The van der Waals surface area contributed by atoms with Crippen molar-refractivity contribution in [2.24, 2.45) is 16.6 Å². The summed E-state index contributed by atoms with van der Waals surface area (Å²) in [5.74, 6) is 1.26. The lowest BCUT2D eigenvalue weighted by Gasteiger charge is -2.32. The van der Waals surface area contributed by atoms with Crippen molar-refractivity contribution in [3.8, 4) is 0 Å². The van der Waals surface area contributed by atoms with Gasteiger partial charge in [-0.25, -0.2) is 0 Å². The summed E-state index contributed by atoms with van der Waals surface area (Å²) in [6.07, 6.45) is 7.74. The second kappa shape index (κ2) is 12.5. The average molecular weight is 459 g/mol. The first-order valence-electron chi connectivity index (χ1n) is 9.42. The van der Waals surface area contributed by atoms with E-state index in [0.717, 1.165) is 25.2 Å². The van der Waals surface area contributed by atoms with Crippen LogP contribution in [0, 0.1) is 5.92 Å². The van der Waals surface area contributed by atoms with Gasteiger partial charge in [-0.15, -0.1) is 24.0 Å². The van der Waals surface area contributed by atoms with Gasteiger partial charge in [0.1, 0.15) is 0 Å². The molecule has 0 radical (unpaired) electrons. The quantitative estimate of drug-likeness (QED) is 0.339. The van der Waals surface area contributed by atoms with Gasteiger partial charge in [-0.05, 0) is 44.0 Å². The fourth-order valence-corrected chi connectivity index (χ4v) is 3.58. The zero-order valence-electron chi connectivity index (χ0n) is 15.7. The first-order valence-corrected chi connectivity index (χ1v) is 9.42. The van der Waals surface area contributed by atoms with Gasteiger partial charge in [-0.2, -0.15) is 0 Å². The van der Waals surface area contributed by atoms with Gasteiger partial charge < -0.3 is 11.1 Å². The highest BCUT2D eigenvalue weighted by Gasteiger charge is 2.27. The Balaban J connectivity index is 0.00000312. The molecule has 142 valence electrons. The molecule has 0 bridgehead atoms. The molecule has 1 aliphatic heterocycles. The Labute approximate surface area is 169 Å². The van der Waals surface area contributed by atoms with Crippen LogP contribution in [0.2, 0.25) is 0 Å². The molecule has 1 aromatic heterocycles. The van der Waals surface area contributed by atoms with Gasteiger partial charge in [-0.1, -0.05) is 32.8 Å². The number of aliphatic imine (C=N–C) groups is 1. The molecule has 2 rings (SSSR count).